The van der Waals surface area contributed by atoms with Gasteiger partial charge in [0, 0.05) is 12.8 Å². The molecular formula is C14H16ClNO2. The summed E-state index contributed by atoms with van der Waals surface area (Å²) in [5.74, 6) is -0.360. The minimum absolute atomic E-state index is 0.360. The Morgan fingerprint density at radius 2 is 2.00 bits per heavy atom. The molecule has 0 saturated carbocycles. The van der Waals surface area contributed by atoms with Gasteiger partial charge in [0.25, 0.3) is 0 Å². The van der Waals surface area contributed by atoms with Crippen molar-refractivity contribution in [3.63, 3.8) is 0 Å². The second kappa shape index (κ2) is 4.57. The molecule has 1 aliphatic heterocycles. The number of ether oxygens (including phenoxy) is 2. The standard InChI is InChI=1S/C14H16ClNO2/c15-12-9-11(1-2-13(12)16)10-3-5-14(6-4-10)17-7-8-18-14/h1-3,9H,4-8,16H2. The zero-order valence-electron chi connectivity index (χ0n) is 10.1. The summed E-state index contributed by atoms with van der Waals surface area (Å²) >= 11 is 6.05. The second-order valence-corrected chi connectivity index (χ2v) is 5.18. The first-order valence-corrected chi connectivity index (χ1v) is 6.59. The predicted octanol–water partition coefficient (Wildman–Crippen LogP) is 3.23. The third-order valence-electron chi connectivity index (χ3n) is 3.62. The van der Waals surface area contributed by atoms with Crippen LogP contribution in [-0.4, -0.2) is 19.0 Å². The fraction of sp³-hybridized carbons (Fsp3) is 0.429. The number of benzene rings is 1. The maximum atomic E-state index is 6.05. The minimum atomic E-state index is -0.360. The largest absolute Gasteiger partial charge is 0.398 e. The first-order valence-electron chi connectivity index (χ1n) is 6.21. The Morgan fingerprint density at radius 1 is 1.22 bits per heavy atom. The Hall–Kier alpha value is -1.03. The SMILES string of the molecule is Nc1ccc(C2=CCC3(CC2)OCCO3)cc1Cl. The summed E-state index contributed by atoms with van der Waals surface area (Å²) in [6, 6.07) is 5.80. The first-order chi connectivity index (χ1) is 8.69. The van der Waals surface area contributed by atoms with Crippen molar-refractivity contribution in [2.75, 3.05) is 18.9 Å². The van der Waals surface area contributed by atoms with Crippen LogP contribution in [0.1, 0.15) is 24.8 Å². The van der Waals surface area contributed by atoms with Gasteiger partial charge >= 0.3 is 0 Å². The molecule has 4 heteroatoms. The van der Waals surface area contributed by atoms with Crippen molar-refractivity contribution in [1.29, 1.82) is 0 Å². The van der Waals surface area contributed by atoms with Crippen LogP contribution in [0.4, 0.5) is 5.69 Å². The molecule has 1 saturated heterocycles. The van der Waals surface area contributed by atoms with Crippen molar-refractivity contribution in [1.82, 2.24) is 0 Å². The van der Waals surface area contributed by atoms with Crippen LogP contribution >= 0.6 is 11.6 Å². The molecule has 1 aliphatic carbocycles. The smallest absolute Gasteiger partial charge is 0.172 e. The molecule has 0 amide bonds. The molecule has 1 spiro atoms. The number of hydrogen-bond acceptors (Lipinski definition) is 3. The zero-order valence-corrected chi connectivity index (χ0v) is 10.9. The molecule has 1 aromatic carbocycles. The van der Waals surface area contributed by atoms with Gasteiger partial charge in [-0.05, 0) is 29.7 Å². The van der Waals surface area contributed by atoms with Gasteiger partial charge in [-0.1, -0.05) is 23.7 Å². The number of halogens is 1. The van der Waals surface area contributed by atoms with Gasteiger partial charge in [-0.25, -0.2) is 0 Å². The van der Waals surface area contributed by atoms with E-state index in [0.29, 0.717) is 23.9 Å². The van der Waals surface area contributed by atoms with E-state index >= 15 is 0 Å². The summed E-state index contributed by atoms with van der Waals surface area (Å²) in [7, 11) is 0. The summed E-state index contributed by atoms with van der Waals surface area (Å²) in [6.45, 7) is 1.41. The van der Waals surface area contributed by atoms with Crippen molar-refractivity contribution in [2.45, 2.75) is 25.0 Å². The van der Waals surface area contributed by atoms with Crippen LogP contribution in [0.2, 0.25) is 5.02 Å². The van der Waals surface area contributed by atoms with E-state index in [9.17, 15) is 0 Å². The van der Waals surface area contributed by atoms with Crippen molar-refractivity contribution in [2.24, 2.45) is 0 Å². The average molecular weight is 266 g/mol. The third kappa shape index (κ3) is 2.14. The lowest BCUT2D eigenvalue weighted by Crippen LogP contribution is -2.31. The number of anilines is 1. The van der Waals surface area contributed by atoms with Gasteiger partial charge in [0.05, 0.1) is 23.9 Å². The van der Waals surface area contributed by atoms with Crippen molar-refractivity contribution >= 4 is 22.9 Å². The normalized spacial score (nSPS) is 22.2. The van der Waals surface area contributed by atoms with E-state index in [1.165, 1.54) is 5.57 Å². The van der Waals surface area contributed by atoms with Crippen molar-refractivity contribution < 1.29 is 9.47 Å². The van der Waals surface area contributed by atoms with Gasteiger partial charge in [-0.15, -0.1) is 0 Å². The highest BCUT2D eigenvalue weighted by atomic mass is 35.5. The molecule has 1 aromatic rings. The molecule has 1 heterocycles. The van der Waals surface area contributed by atoms with Crippen LogP contribution in [0, 0.1) is 0 Å². The molecule has 2 aliphatic rings. The molecule has 0 unspecified atom stereocenters. The number of nitrogens with two attached hydrogens (primary N) is 1. The quantitative estimate of drug-likeness (QED) is 0.793. The lowest BCUT2D eigenvalue weighted by atomic mass is 9.90. The van der Waals surface area contributed by atoms with E-state index in [4.69, 9.17) is 26.8 Å². The van der Waals surface area contributed by atoms with Gasteiger partial charge in [0.2, 0.25) is 0 Å². The van der Waals surface area contributed by atoms with Crippen molar-refractivity contribution in [3.8, 4) is 0 Å². The molecule has 18 heavy (non-hydrogen) atoms. The first kappa shape index (κ1) is 12.0. The lowest BCUT2D eigenvalue weighted by Gasteiger charge is -2.30. The molecule has 3 nitrogen and oxygen atoms in total. The van der Waals surface area contributed by atoms with Gasteiger partial charge in [0.1, 0.15) is 0 Å². The van der Waals surface area contributed by atoms with Crippen LogP contribution in [0.5, 0.6) is 0 Å². The molecule has 0 bridgehead atoms. The van der Waals surface area contributed by atoms with Crippen LogP contribution in [-0.2, 0) is 9.47 Å². The van der Waals surface area contributed by atoms with Crippen LogP contribution in [0.3, 0.4) is 0 Å². The summed E-state index contributed by atoms with van der Waals surface area (Å²) < 4.78 is 11.4. The van der Waals surface area contributed by atoms with Gasteiger partial charge in [0.15, 0.2) is 5.79 Å². The van der Waals surface area contributed by atoms with Gasteiger partial charge in [-0.3, -0.25) is 0 Å². The molecule has 0 atom stereocenters. The molecule has 0 aromatic heterocycles. The second-order valence-electron chi connectivity index (χ2n) is 4.78. The van der Waals surface area contributed by atoms with E-state index < -0.39 is 0 Å². The summed E-state index contributed by atoms with van der Waals surface area (Å²) in [4.78, 5) is 0. The molecule has 0 radical (unpaired) electrons. The number of hydrogen-bond donors (Lipinski definition) is 1. The molecular weight excluding hydrogens is 250 g/mol. The maximum absolute atomic E-state index is 6.05. The average Bonchev–Trinajstić information content (AvgIpc) is 2.82. The summed E-state index contributed by atoms with van der Waals surface area (Å²) in [5, 5.41) is 0.613. The molecule has 2 N–H and O–H groups in total. The van der Waals surface area contributed by atoms with E-state index in [0.717, 1.165) is 24.8 Å². The van der Waals surface area contributed by atoms with E-state index in [1.807, 2.05) is 18.2 Å². The highest BCUT2D eigenvalue weighted by Crippen LogP contribution is 2.38. The monoisotopic (exact) mass is 265 g/mol. The minimum Gasteiger partial charge on any atom is -0.398 e. The Bertz CT molecular complexity index is 493. The Labute approximate surface area is 112 Å². The highest BCUT2D eigenvalue weighted by molar-refractivity contribution is 6.33. The third-order valence-corrected chi connectivity index (χ3v) is 3.95. The topological polar surface area (TPSA) is 44.5 Å². The summed E-state index contributed by atoms with van der Waals surface area (Å²) in [5.41, 5.74) is 8.78. The van der Waals surface area contributed by atoms with Gasteiger partial charge in [-0.2, -0.15) is 0 Å². The van der Waals surface area contributed by atoms with E-state index in [2.05, 4.69) is 6.08 Å². The zero-order chi connectivity index (χ0) is 12.6. The fourth-order valence-electron chi connectivity index (χ4n) is 2.56. The fourth-order valence-corrected chi connectivity index (χ4v) is 2.74. The van der Waals surface area contributed by atoms with Crippen LogP contribution in [0.25, 0.3) is 5.57 Å². The van der Waals surface area contributed by atoms with Crippen LogP contribution in [0.15, 0.2) is 24.3 Å². The maximum Gasteiger partial charge on any atom is 0.172 e. The van der Waals surface area contributed by atoms with E-state index in [1.54, 1.807) is 0 Å². The number of allylic oxidation sites excluding steroid dienone is 1. The van der Waals surface area contributed by atoms with E-state index in [-0.39, 0.29) is 5.79 Å². The Balaban J connectivity index is 1.81. The van der Waals surface area contributed by atoms with Crippen LogP contribution < -0.4 is 5.73 Å². The Morgan fingerprint density at radius 3 is 2.61 bits per heavy atom. The predicted molar refractivity (Wildman–Crippen MR) is 72.3 cm³/mol. The summed E-state index contributed by atoms with van der Waals surface area (Å²) in [6.07, 6.45) is 4.85. The number of rotatable bonds is 1. The number of nitrogen functional groups attached to an aromatic ring is 1. The highest BCUT2D eigenvalue weighted by Gasteiger charge is 2.37. The Kier molecular flexibility index (Phi) is 3.06. The molecule has 96 valence electrons. The molecule has 3 rings (SSSR count). The van der Waals surface area contributed by atoms with Crippen molar-refractivity contribution in [3.05, 3.63) is 34.9 Å². The molecule has 1 fully saturated rings. The van der Waals surface area contributed by atoms with Gasteiger partial charge < -0.3 is 15.2 Å². The lowest BCUT2D eigenvalue weighted by molar-refractivity contribution is -0.159.